The Hall–Kier alpha value is -1.06. The van der Waals surface area contributed by atoms with Gasteiger partial charge >= 0.3 is 0 Å². The van der Waals surface area contributed by atoms with Crippen molar-refractivity contribution >= 4 is 17.4 Å². The predicted octanol–water partition coefficient (Wildman–Crippen LogP) is 3.02. The maximum atomic E-state index is 12.5. The lowest BCUT2D eigenvalue weighted by Gasteiger charge is -2.20. The lowest BCUT2D eigenvalue weighted by molar-refractivity contribution is 0.0883. The number of hydrogen-bond acceptors (Lipinski definition) is 3. The van der Waals surface area contributed by atoms with Crippen molar-refractivity contribution < 1.29 is 9.53 Å². The van der Waals surface area contributed by atoms with Gasteiger partial charge in [0, 0.05) is 17.5 Å². The Morgan fingerprint density at radius 2 is 2.11 bits per heavy atom. The summed E-state index contributed by atoms with van der Waals surface area (Å²) < 4.78 is 5.23. The lowest BCUT2D eigenvalue weighted by atomic mass is 9.87. The van der Waals surface area contributed by atoms with Gasteiger partial charge in [0.2, 0.25) is 0 Å². The van der Waals surface area contributed by atoms with E-state index in [9.17, 15) is 4.79 Å². The van der Waals surface area contributed by atoms with Crippen LogP contribution in [0, 0.1) is 11.8 Å². The van der Waals surface area contributed by atoms with Crippen molar-refractivity contribution in [2.24, 2.45) is 11.8 Å². The van der Waals surface area contributed by atoms with Gasteiger partial charge in [0.05, 0.1) is 12.7 Å². The maximum Gasteiger partial charge on any atom is 0.171 e. The minimum Gasteiger partial charge on any atom is -0.496 e. The molecule has 4 heteroatoms. The standard InChI is InChI=1S/C14H20ClNO2/c1-9(2)12(8-16-3)14(17)11-7-10(15)5-6-13(11)18-4/h5-7,9,12,16H,8H2,1-4H3. The highest BCUT2D eigenvalue weighted by Gasteiger charge is 2.25. The van der Waals surface area contributed by atoms with Crippen LogP contribution in [0.3, 0.4) is 0 Å². The molecule has 100 valence electrons. The van der Waals surface area contributed by atoms with E-state index in [0.717, 1.165) is 0 Å². The number of carbonyl (C=O) groups is 1. The molecule has 0 aliphatic heterocycles. The van der Waals surface area contributed by atoms with Crippen molar-refractivity contribution in [2.45, 2.75) is 13.8 Å². The third-order valence-electron chi connectivity index (χ3n) is 2.99. The number of halogens is 1. The zero-order valence-corrected chi connectivity index (χ0v) is 12.0. The van der Waals surface area contributed by atoms with Crippen molar-refractivity contribution in [3.05, 3.63) is 28.8 Å². The van der Waals surface area contributed by atoms with Gasteiger partial charge in [-0.1, -0.05) is 25.4 Å². The summed E-state index contributed by atoms with van der Waals surface area (Å²) in [4.78, 5) is 12.5. The number of ketones is 1. The molecule has 1 unspecified atom stereocenters. The number of ether oxygens (including phenoxy) is 1. The van der Waals surface area contributed by atoms with Crippen LogP contribution in [0.2, 0.25) is 5.02 Å². The van der Waals surface area contributed by atoms with Gasteiger partial charge in [-0.05, 0) is 31.2 Å². The summed E-state index contributed by atoms with van der Waals surface area (Å²) in [6.45, 7) is 4.72. The Morgan fingerprint density at radius 1 is 1.44 bits per heavy atom. The fourth-order valence-corrected chi connectivity index (χ4v) is 2.10. The average molecular weight is 270 g/mol. The molecular formula is C14H20ClNO2. The van der Waals surface area contributed by atoms with Gasteiger partial charge in [-0.3, -0.25) is 4.79 Å². The predicted molar refractivity (Wildman–Crippen MR) is 74.6 cm³/mol. The van der Waals surface area contributed by atoms with E-state index < -0.39 is 0 Å². The highest BCUT2D eigenvalue weighted by molar-refractivity contribution is 6.31. The number of Topliss-reactive ketones (excluding diaryl/α,β-unsaturated/α-hetero) is 1. The normalized spacial score (nSPS) is 12.6. The van der Waals surface area contributed by atoms with Crippen molar-refractivity contribution in [1.82, 2.24) is 5.32 Å². The van der Waals surface area contributed by atoms with E-state index in [1.165, 1.54) is 0 Å². The Labute approximate surface area is 113 Å². The molecule has 0 fully saturated rings. The highest BCUT2D eigenvalue weighted by atomic mass is 35.5. The smallest absolute Gasteiger partial charge is 0.171 e. The molecule has 0 spiro atoms. The average Bonchev–Trinajstić information content (AvgIpc) is 2.34. The van der Waals surface area contributed by atoms with Crippen LogP contribution in [0.4, 0.5) is 0 Å². The maximum absolute atomic E-state index is 12.5. The first-order chi connectivity index (χ1) is 8.51. The fraction of sp³-hybridized carbons (Fsp3) is 0.500. The van der Waals surface area contributed by atoms with Crippen LogP contribution >= 0.6 is 11.6 Å². The van der Waals surface area contributed by atoms with Crippen LogP contribution in [0.5, 0.6) is 5.75 Å². The summed E-state index contributed by atoms with van der Waals surface area (Å²) in [5.41, 5.74) is 0.555. The zero-order chi connectivity index (χ0) is 13.7. The van der Waals surface area contributed by atoms with E-state index >= 15 is 0 Å². The van der Waals surface area contributed by atoms with E-state index in [-0.39, 0.29) is 17.6 Å². The summed E-state index contributed by atoms with van der Waals surface area (Å²) in [6, 6.07) is 5.12. The Bertz CT molecular complexity index is 418. The summed E-state index contributed by atoms with van der Waals surface area (Å²) in [6.07, 6.45) is 0. The summed E-state index contributed by atoms with van der Waals surface area (Å²) in [5.74, 6) is 0.820. The second kappa shape index (κ2) is 6.76. The molecule has 0 bridgehead atoms. The van der Waals surface area contributed by atoms with Crippen LogP contribution in [0.1, 0.15) is 24.2 Å². The van der Waals surface area contributed by atoms with Gasteiger partial charge in [-0.15, -0.1) is 0 Å². The topological polar surface area (TPSA) is 38.3 Å². The van der Waals surface area contributed by atoms with Gasteiger partial charge in [-0.2, -0.15) is 0 Å². The van der Waals surface area contributed by atoms with Crippen molar-refractivity contribution in [3.63, 3.8) is 0 Å². The number of nitrogens with one attached hydrogen (secondary N) is 1. The summed E-state index contributed by atoms with van der Waals surface area (Å²) >= 11 is 5.96. The molecule has 0 amide bonds. The summed E-state index contributed by atoms with van der Waals surface area (Å²) in [5, 5.41) is 3.60. The lowest BCUT2D eigenvalue weighted by Crippen LogP contribution is -2.30. The molecule has 0 aliphatic carbocycles. The van der Waals surface area contributed by atoms with Gasteiger partial charge in [0.15, 0.2) is 5.78 Å². The molecule has 18 heavy (non-hydrogen) atoms. The number of methoxy groups -OCH3 is 1. The van der Waals surface area contributed by atoms with Gasteiger partial charge in [-0.25, -0.2) is 0 Å². The Kier molecular flexibility index (Phi) is 5.63. The largest absolute Gasteiger partial charge is 0.496 e. The van der Waals surface area contributed by atoms with Crippen LogP contribution in [0.15, 0.2) is 18.2 Å². The molecule has 1 N–H and O–H groups in total. The first-order valence-electron chi connectivity index (χ1n) is 6.03. The second-order valence-electron chi connectivity index (χ2n) is 4.62. The first-order valence-corrected chi connectivity index (χ1v) is 6.41. The van der Waals surface area contributed by atoms with Crippen molar-refractivity contribution in [3.8, 4) is 5.75 Å². The number of hydrogen-bond donors (Lipinski definition) is 1. The monoisotopic (exact) mass is 269 g/mol. The Balaban J connectivity index is 3.11. The highest BCUT2D eigenvalue weighted by Crippen LogP contribution is 2.27. The Morgan fingerprint density at radius 3 is 2.61 bits per heavy atom. The molecule has 0 saturated carbocycles. The van der Waals surface area contributed by atoms with E-state index in [1.807, 2.05) is 20.9 Å². The van der Waals surface area contributed by atoms with Crippen LogP contribution in [0.25, 0.3) is 0 Å². The molecule has 1 aromatic carbocycles. The first kappa shape index (κ1) is 15.0. The molecule has 0 saturated heterocycles. The molecule has 0 heterocycles. The van der Waals surface area contributed by atoms with Gasteiger partial charge in [0.1, 0.15) is 5.75 Å². The second-order valence-corrected chi connectivity index (χ2v) is 5.05. The van der Waals surface area contributed by atoms with E-state index in [4.69, 9.17) is 16.3 Å². The number of carbonyl (C=O) groups excluding carboxylic acids is 1. The van der Waals surface area contributed by atoms with Crippen LogP contribution in [-0.4, -0.2) is 26.5 Å². The third kappa shape index (κ3) is 3.47. The SMILES string of the molecule is CNCC(C(=O)c1cc(Cl)ccc1OC)C(C)C. The van der Waals surface area contributed by atoms with Crippen LogP contribution < -0.4 is 10.1 Å². The molecule has 1 rings (SSSR count). The number of benzene rings is 1. The molecular weight excluding hydrogens is 250 g/mol. The quantitative estimate of drug-likeness (QED) is 0.807. The minimum atomic E-state index is -0.0811. The summed E-state index contributed by atoms with van der Waals surface area (Å²) in [7, 11) is 3.40. The van der Waals surface area contributed by atoms with E-state index in [0.29, 0.717) is 22.9 Å². The molecule has 1 atom stereocenters. The van der Waals surface area contributed by atoms with E-state index in [2.05, 4.69) is 5.32 Å². The zero-order valence-electron chi connectivity index (χ0n) is 11.3. The van der Waals surface area contributed by atoms with Gasteiger partial charge in [0.25, 0.3) is 0 Å². The van der Waals surface area contributed by atoms with Crippen molar-refractivity contribution in [2.75, 3.05) is 20.7 Å². The van der Waals surface area contributed by atoms with Crippen molar-refractivity contribution in [1.29, 1.82) is 0 Å². The third-order valence-corrected chi connectivity index (χ3v) is 3.23. The van der Waals surface area contributed by atoms with E-state index in [1.54, 1.807) is 25.3 Å². The molecule has 3 nitrogen and oxygen atoms in total. The number of rotatable bonds is 6. The molecule has 0 aromatic heterocycles. The minimum absolute atomic E-state index is 0.0682. The molecule has 0 radical (unpaired) electrons. The molecule has 0 aliphatic rings. The molecule has 1 aromatic rings. The van der Waals surface area contributed by atoms with Gasteiger partial charge < -0.3 is 10.1 Å². The fourth-order valence-electron chi connectivity index (χ4n) is 1.92. The van der Waals surface area contributed by atoms with Crippen LogP contribution in [-0.2, 0) is 0 Å².